The molecule has 1 aromatic carbocycles. The first kappa shape index (κ1) is 13.8. The predicted octanol–water partition coefficient (Wildman–Crippen LogP) is 3.25. The highest BCUT2D eigenvalue weighted by atomic mass is 15.3. The number of nitrogens with two attached hydrogens (primary N) is 1. The number of hydrogen-bond donors (Lipinski definition) is 1. The van der Waals surface area contributed by atoms with Crippen LogP contribution in [0.25, 0.3) is 11.1 Å². The van der Waals surface area contributed by atoms with Crippen LogP contribution >= 0.6 is 0 Å². The van der Waals surface area contributed by atoms with Gasteiger partial charge in [-0.05, 0) is 30.9 Å². The predicted molar refractivity (Wildman–Crippen MR) is 80.3 cm³/mol. The Balaban J connectivity index is 2.41. The second-order valence-corrected chi connectivity index (χ2v) is 5.33. The van der Waals surface area contributed by atoms with E-state index in [2.05, 4.69) is 57.1 Å². The van der Waals surface area contributed by atoms with E-state index in [-0.39, 0.29) is 0 Å². The molecule has 0 radical (unpaired) electrons. The molecule has 0 saturated heterocycles. The van der Waals surface area contributed by atoms with E-state index in [4.69, 9.17) is 5.73 Å². The van der Waals surface area contributed by atoms with Crippen LogP contribution in [-0.4, -0.2) is 16.3 Å². The minimum absolute atomic E-state index is 0.566. The van der Waals surface area contributed by atoms with Crippen molar-refractivity contribution in [1.29, 1.82) is 0 Å². The summed E-state index contributed by atoms with van der Waals surface area (Å²) in [5.41, 5.74) is 11.7. The second-order valence-electron chi connectivity index (χ2n) is 5.33. The van der Waals surface area contributed by atoms with E-state index in [1.54, 1.807) is 0 Å². The molecule has 0 aliphatic heterocycles. The Morgan fingerprint density at radius 3 is 2.32 bits per heavy atom. The summed E-state index contributed by atoms with van der Waals surface area (Å²) >= 11 is 0. The first-order chi connectivity index (χ1) is 9.04. The average molecular weight is 257 g/mol. The fourth-order valence-electron chi connectivity index (χ4n) is 2.49. The third kappa shape index (κ3) is 2.71. The van der Waals surface area contributed by atoms with E-state index >= 15 is 0 Å². The van der Waals surface area contributed by atoms with Gasteiger partial charge in [-0.25, -0.2) is 0 Å². The van der Waals surface area contributed by atoms with E-state index in [1.165, 1.54) is 22.4 Å². The van der Waals surface area contributed by atoms with Gasteiger partial charge in [0.05, 0.1) is 12.2 Å². The number of nitrogens with zero attached hydrogens (tertiary/aromatic N) is 2. The van der Waals surface area contributed by atoms with E-state index in [1.807, 2.05) is 4.68 Å². The van der Waals surface area contributed by atoms with Gasteiger partial charge in [-0.15, -0.1) is 0 Å². The zero-order valence-electron chi connectivity index (χ0n) is 12.3. The molecule has 1 aromatic heterocycles. The molecule has 3 nitrogen and oxygen atoms in total. The minimum Gasteiger partial charge on any atom is -0.329 e. The number of benzene rings is 1. The van der Waals surface area contributed by atoms with E-state index < -0.39 is 0 Å². The summed E-state index contributed by atoms with van der Waals surface area (Å²) in [5.74, 6) is 0.566. The van der Waals surface area contributed by atoms with Gasteiger partial charge in [0.25, 0.3) is 0 Å². The van der Waals surface area contributed by atoms with Crippen molar-refractivity contribution < 1.29 is 0 Å². The lowest BCUT2D eigenvalue weighted by Gasteiger charge is -2.08. The Morgan fingerprint density at radius 2 is 1.79 bits per heavy atom. The summed E-state index contributed by atoms with van der Waals surface area (Å²) in [6, 6.07) is 8.80. The van der Waals surface area contributed by atoms with Gasteiger partial charge in [-0.2, -0.15) is 5.10 Å². The highest BCUT2D eigenvalue weighted by Crippen LogP contribution is 2.28. The summed E-state index contributed by atoms with van der Waals surface area (Å²) < 4.78 is 2.00. The summed E-state index contributed by atoms with van der Waals surface area (Å²) in [6.07, 6.45) is 0. The Hall–Kier alpha value is -1.61. The van der Waals surface area contributed by atoms with E-state index in [0.29, 0.717) is 12.5 Å². The minimum atomic E-state index is 0.566. The molecule has 0 spiro atoms. The maximum Gasteiger partial charge on any atom is 0.0674 e. The molecule has 2 N–H and O–H groups in total. The van der Waals surface area contributed by atoms with Crippen LogP contribution in [0.5, 0.6) is 0 Å². The smallest absolute Gasteiger partial charge is 0.0674 e. The lowest BCUT2D eigenvalue weighted by atomic mass is 9.98. The van der Waals surface area contributed by atoms with Crippen LogP contribution in [0.4, 0.5) is 0 Å². The normalized spacial score (nSPS) is 11.3. The van der Waals surface area contributed by atoms with Crippen LogP contribution in [0.3, 0.4) is 0 Å². The largest absolute Gasteiger partial charge is 0.329 e. The third-order valence-corrected chi connectivity index (χ3v) is 3.59. The first-order valence-electron chi connectivity index (χ1n) is 6.89. The SMILES string of the molecule is Cc1nn(CCN)c(C)c1-c1ccc(C(C)C)cc1. The lowest BCUT2D eigenvalue weighted by molar-refractivity contribution is 0.604. The van der Waals surface area contributed by atoms with Crippen molar-refractivity contribution in [2.75, 3.05) is 6.54 Å². The van der Waals surface area contributed by atoms with Crippen LogP contribution in [0.1, 0.15) is 36.7 Å². The topological polar surface area (TPSA) is 43.8 Å². The molecule has 0 aliphatic carbocycles. The molecule has 0 fully saturated rings. The Morgan fingerprint density at radius 1 is 1.16 bits per heavy atom. The number of aryl methyl sites for hydroxylation is 1. The first-order valence-corrected chi connectivity index (χ1v) is 6.89. The van der Waals surface area contributed by atoms with Gasteiger partial charge in [-0.3, -0.25) is 4.68 Å². The van der Waals surface area contributed by atoms with Crippen molar-refractivity contribution in [3.05, 3.63) is 41.2 Å². The number of rotatable bonds is 4. The van der Waals surface area contributed by atoms with Crippen molar-refractivity contribution in [3.63, 3.8) is 0 Å². The van der Waals surface area contributed by atoms with Crippen LogP contribution in [0, 0.1) is 13.8 Å². The molecule has 0 unspecified atom stereocenters. The summed E-state index contributed by atoms with van der Waals surface area (Å²) in [6.45, 7) is 9.99. The molecule has 1 heterocycles. The van der Waals surface area contributed by atoms with Gasteiger partial charge in [0, 0.05) is 17.8 Å². The van der Waals surface area contributed by atoms with Crippen LogP contribution in [0.15, 0.2) is 24.3 Å². The standard InChI is InChI=1S/C16H23N3/c1-11(2)14-5-7-15(8-6-14)16-12(3)18-19(10-9-17)13(16)4/h5-8,11H,9-10,17H2,1-4H3. The molecule has 0 saturated carbocycles. The highest BCUT2D eigenvalue weighted by Gasteiger charge is 2.13. The Bertz CT molecular complexity index is 550. The molecule has 102 valence electrons. The summed E-state index contributed by atoms with van der Waals surface area (Å²) in [7, 11) is 0. The Kier molecular flexibility index (Phi) is 4.05. The van der Waals surface area contributed by atoms with Gasteiger partial charge in [0.2, 0.25) is 0 Å². The zero-order chi connectivity index (χ0) is 14.0. The summed E-state index contributed by atoms with van der Waals surface area (Å²) in [4.78, 5) is 0. The zero-order valence-corrected chi connectivity index (χ0v) is 12.3. The van der Waals surface area contributed by atoms with E-state index in [9.17, 15) is 0 Å². The van der Waals surface area contributed by atoms with Crippen molar-refractivity contribution >= 4 is 0 Å². The average Bonchev–Trinajstić information content (AvgIpc) is 2.65. The summed E-state index contributed by atoms with van der Waals surface area (Å²) in [5, 5.41) is 4.57. The van der Waals surface area contributed by atoms with Crippen molar-refractivity contribution in [2.45, 2.75) is 40.2 Å². The van der Waals surface area contributed by atoms with Crippen LogP contribution in [-0.2, 0) is 6.54 Å². The van der Waals surface area contributed by atoms with Crippen molar-refractivity contribution in [3.8, 4) is 11.1 Å². The fourth-order valence-corrected chi connectivity index (χ4v) is 2.49. The quantitative estimate of drug-likeness (QED) is 0.913. The van der Waals surface area contributed by atoms with Crippen molar-refractivity contribution in [2.24, 2.45) is 5.73 Å². The van der Waals surface area contributed by atoms with Crippen LogP contribution in [0.2, 0.25) is 0 Å². The lowest BCUT2D eigenvalue weighted by Crippen LogP contribution is -2.12. The molecule has 0 bridgehead atoms. The molecular weight excluding hydrogens is 234 g/mol. The van der Waals surface area contributed by atoms with Crippen molar-refractivity contribution in [1.82, 2.24) is 9.78 Å². The van der Waals surface area contributed by atoms with Gasteiger partial charge in [0.15, 0.2) is 0 Å². The number of aromatic nitrogens is 2. The Labute approximate surface area is 115 Å². The molecule has 2 rings (SSSR count). The molecule has 0 aliphatic rings. The molecule has 0 atom stereocenters. The maximum absolute atomic E-state index is 5.62. The highest BCUT2D eigenvalue weighted by molar-refractivity contribution is 5.68. The maximum atomic E-state index is 5.62. The van der Waals surface area contributed by atoms with Gasteiger partial charge < -0.3 is 5.73 Å². The molecule has 19 heavy (non-hydrogen) atoms. The van der Waals surface area contributed by atoms with Gasteiger partial charge in [-0.1, -0.05) is 38.1 Å². The van der Waals surface area contributed by atoms with Crippen LogP contribution < -0.4 is 5.73 Å². The fraction of sp³-hybridized carbons (Fsp3) is 0.438. The van der Waals surface area contributed by atoms with Gasteiger partial charge in [0.1, 0.15) is 0 Å². The number of hydrogen-bond acceptors (Lipinski definition) is 2. The molecule has 2 aromatic rings. The van der Waals surface area contributed by atoms with Gasteiger partial charge >= 0.3 is 0 Å². The molecule has 3 heteroatoms. The monoisotopic (exact) mass is 257 g/mol. The third-order valence-electron chi connectivity index (χ3n) is 3.59. The second kappa shape index (κ2) is 5.57. The molecular formula is C16H23N3. The van der Waals surface area contributed by atoms with E-state index in [0.717, 1.165) is 12.2 Å². The molecule has 0 amide bonds.